The van der Waals surface area contributed by atoms with Crippen molar-refractivity contribution in [3.8, 4) is 0 Å². The zero-order valence-corrected chi connectivity index (χ0v) is 15.6. The van der Waals surface area contributed by atoms with E-state index in [1.165, 1.54) is 19.3 Å². The Kier molecular flexibility index (Phi) is 8.69. The molecule has 5 nitrogen and oxygen atoms in total. The van der Waals surface area contributed by atoms with Gasteiger partial charge in [-0.05, 0) is 49.1 Å². The SMILES string of the molecule is Cl.Cl.NCc1ccc(C(=O)Nc2ccc(N3CCCCC3)nc2)cc1. The molecule has 1 aromatic carbocycles. The number of amides is 1. The smallest absolute Gasteiger partial charge is 0.255 e. The molecule has 1 fully saturated rings. The van der Waals surface area contributed by atoms with Gasteiger partial charge in [0, 0.05) is 25.2 Å². The van der Waals surface area contributed by atoms with Crippen LogP contribution in [0.25, 0.3) is 0 Å². The lowest BCUT2D eigenvalue weighted by atomic mass is 10.1. The highest BCUT2D eigenvalue weighted by molar-refractivity contribution is 6.04. The lowest BCUT2D eigenvalue weighted by molar-refractivity contribution is 0.102. The number of carbonyl (C=O) groups is 1. The highest BCUT2D eigenvalue weighted by atomic mass is 35.5. The van der Waals surface area contributed by atoms with Gasteiger partial charge < -0.3 is 16.0 Å². The van der Waals surface area contributed by atoms with Crippen LogP contribution in [0.15, 0.2) is 42.6 Å². The Balaban J connectivity index is 0.00000156. The van der Waals surface area contributed by atoms with Crippen molar-refractivity contribution in [1.29, 1.82) is 0 Å². The first-order valence-corrected chi connectivity index (χ1v) is 8.07. The van der Waals surface area contributed by atoms with E-state index >= 15 is 0 Å². The van der Waals surface area contributed by atoms with E-state index in [-0.39, 0.29) is 30.7 Å². The summed E-state index contributed by atoms with van der Waals surface area (Å²) < 4.78 is 0. The number of piperidine rings is 1. The first kappa shape index (κ1) is 21.2. The first-order valence-electron chi connectivity index (χ1n) is 8.07. The second-order valence-corrected chi connectivity index (χ2v) is 5.81. The Morgan fingerprint density at radius 2 is 1.72 bits per heavy atom. The molecule has 136 valence electrons. The number of hydrogen-bond donors (Lipinski definition) is 2. The van der Waals surface area contributed by atoms with E-state index < -0.39 is 0 Å². The molecule has 0 aliphatic carbocycles. The molecule has 7 heteroatoms. The van der Waals surface area contributed by atoms with Crippen LogP contribution in [0.2, 0.25) is 0 Å². The van der Waals surface area contributed by atoms with E-state index in [2.05, 4.69) is 15.2 Å². The number of benzene rings is 1. The third-order valence-corrected chi connectivity index (χ3v) is 4.14. The van der Waals surface area contributed by atoms with Gasteiger partial charge in [0.05, 0.1) is 11.9 Å². The number of carbonyl (C=O) groups excluding carboxylic acids is 1. The molecule has 0 spiro atoms. The van der Waals surface area contributed by atoms with E-state index in [1.54, 1.807) is 18.3 Å². The number of nitrogens with zero attached hydrogens (tertiary/aromatic N) is 2. The number of hydrogen-bond acceptors (Lipinski definition) is 4. The largest absolute Gasteiger partial charge is 0.357 e. The number of anilines is 2. The van der Waals surface area contributed by atoms with Gasteiger partial charge in [-0.2, -0.15) is 0 Å². The summed E-state index contributed by atoms with van der Waals surface area (Å²) in [5.74, 6) is 0.844. The summed E-state index contributed by atoms with van der Waals surface area (Å²) in [4.78, 5) is 19.0. The van der Waals surface area contributed by atoms with Crippen molar-refractivity contribution < 1.29 is 4.79 Å². The summed E-state index contributed by atoms with van der Waals surface area (Å²) in [5, 5.41) is 2.87. The van der Waals surface area contributed by atoms with Gasteiger partial charge in [-0.1, -0.05) is 12.1 Å². The Bertz CT molecular complexity index is 656. The number of aromatic nitrogens is 1. The van der Waals surface area contributed by atoms with Crippen LogP contribution in [0, 0.1) is 0 Å². The molecule has 3 N–H and O–H groups in total. The highest BCUT2D eigenvalue weighted by Gasteiger charge is 2.12. The fraction of sp³-hybridized carbons (Fsp3) is 0.333. The van der Waals surface area contributed by atoms with Gasteiger partial charge in [-0.15, -0.1) is 24.8 Å². The lowest BCUT2D eigenvalue weighted by Gasteiger charge is -2.27. The minimum absolute atomic E-state index is 0. The third-order valence-electron chi connectivity index (χ3n) is 4.14. The summed E-state index contributed by atoms with van der Waals surface area (Å²) in [6.45, 7) is 2.60. The van der Waals surface area contributed by atoms with Crippen LogP contribution in [0.4, 0.5) is 11.5 Å². The number of halogens is 2. The van der Waals surface area contributed by atoms with Gasteiger partial charge in [0.1, 0.15) is 5.82 Å². The minimum atomic E-state index is -0.138. The number of nitrogens with two attached hydrogens (primary N) is 1. The molecule has 0 unspecified atom stereocenters. The van der Waals surface area contributed by atoms with Crippen molar-refractivity contribution in [2.75, 3.05) is 23.3 Å². The molecule has 2 aromatic rings. The van der Waals surface area contributed by atoms with Gasteiger partial charge in [-0.3, -0.25) is 4.79 Å². The quantitative estimate of drug-likeness (QED) is 0.846. The minimum Gasteiger partial charge on any atom is -0.357 e. The Morgan fingerprint density at radius 3 is 2.28 bits per heavy atom. The van der Waals surface area contributed by atoms with Crippen LogP contribution in [0.1, 0.15) is 35.2 Å². The van der Waals surface area contributed by atoms with Crippen LogP contribution < -0.4 is 16.0 Å². The zero-order chi connectivity index (χ0) is 16.1. The maximum atomic E-state index is 12.2. The predicted octanol–water partition coefficient (Wildman–Crippen LogP) is 3.63. The maximum Gasteiger partial charge on any atom is 0.255 e. The normalized spacial score (nSPS) is 13.4. The van der Waals surface area contributed by atoms with E-state index in [1.807, 2.05) is 24.3 Å². The second kappa shape index (κ2) is 10.2. The van der Waals surface area contributed by atoms with E-state index in [0.717, 1.165) is 24.5 Å². The number of rotatable bonds is 4. The van der Waals surface area contributed by atoms with Crippen molar-refractivity contribution >= 4 is 42.2 Å². The zero-order valence-electron chi connectivity index (χ0n) is 14.0. The van der Waals surface area contributed by atoms with Crippen LogP contribution in [0.5, 0.6) is 0 Å². The molecule has 0 bridgehead atoms. The fourth-order valence-electron chi connectivity index (χ4n) is 2.77. The van der Waals surface area contributed by atoms with Crippen molar-refractivity contribution in [2.24, 2.45) is 5.73 Å². The topological polar surface area (TPSA) is 71.2 Å². The molecule has 25 heavy (non-hydrogen) atoms. The van der Waals surface area contributed by atoms with Crippen LogP contribution in [-0.2, 0) is 6.54 Å². The van der Waals surface area contributed by atoms with Crippen molar-refractivity contribution in [2.45, 2.75) is 25.8 Å². The lowest BCUT2D eigenvalue weighted by Crippen LogP contribution is -2.30. The summed E-state index contributed by atoms with van der Waals surface area (Å²) in [7, 11) is 0. The monoisotopic (exact) mass is 382 g/mol. The molecule has 1 aliphatic heterocycles. The molecule has 1 aromatic heterocycles. The molecule has 0 saturated carbocycles. The highest BCUT2D eigenvalue weighted by Crippen LogP contribution is 2.19. The molecule has 1 aliphatic rings. The Morgan fingerprint density at radius 1 is 1.04 bits per heavy atom. The van der Waals surface area contributed by atoms with E-state index in [4.69, 9.17) is 5.73 Å². The van der Waals surface area contributed by atoms with Crippen molar-refractivity contribution in [1.82, 2.24) is 4.98 Å². The van der Waals surface area contributed by atoms with Crippen molar-refractivity contribution in [3.05, 3.63) is 53.7 Å². The molecule has 2 heterocycles. The molecular formula is C18H24Cl2N4O. The molecular weight excluding hydrogens is 359 g/mol. The van der Waals surface area contributed by atoms with Crippen LogP contribution >= 0.6 is 24.8 Å². The standard InChI is InChI=1S/C18H22N4O.2ClH/c19-12-14-4-6-15(7-5-14)18(23)21-16-8-9-17(20-13-16)22-10-2-1-3-11-22;;/h4-9,13H,1-3,10-12,19H2,(H,21,23);2*1H. The summed E-state index contributed by atoms with van der Waals surface area (Å²) >= 11 is 0. The van der Waals surface area contributed by atoms with Crippen LogP contribution in [-0.4, -0.2) is 24.0 Å². The second-order valence-electron chi connectivity index (χ2n) is 5.81. The molecule has 1 amide bonds. The molecule has 3 rings (SSSR count). The average Bonchev–Trinajstić information content (AvgIpc) is 2.63. The first-order chi connectivity index (χ1) is 11.3. The molecule has 0 radical (unpaired) electrons. The van der Waals surface area contributed by atoms with Gasteiger partial charge in [0.15, 0.2) is 0 Å². The Labute approximate surface area is 160 Å². The summed E-state index contributed by atoms with van der Waals surface area (Å²) in [5.41, 5.74) is 7.89. The third kappa shape index (κ3) is 5.59. The van der Waals surface area contributed by atoms with Gasteiger partial charge in [-0.25, -0.2) is 4.98 Å². The van der Waals surface area contributed by atoms with Gasteiger partial charge in [0.25, 0.3) is 5.91 Å². The number of nitrogens with one attached hydrogen (secondary N) is 1. The Hall–Kier alpha value is -1.82. The molecule has 1 saturated heterocycles. The van der Waals surface area contributed by atoms with Crippen LogP contribution in [0.3, 0.4) is 0 Å². The maximum absolute atomic E-state index is 12.2. The van der Waals surface area contributed by atoms with E-state index in [0.29, 0.717) is 17.8 Å². The number of pyridine rings is 1. The summed E-state index contributed by atoms with van der Waals surface area (Å²) in [6.07, 6.45) is 5.46. The van der Waals surface area contributed by atoms with E-state index in [9.17, 15) is 4.79 Å². The predicted molar refractivity (Wildman–Crippen MR) is 107 cm³/mol. The van der Waals surface area contributed by atoms with Gasteiger partial charge in [0.2, 0.25) is 0 Å². The fourth-order valence-corrected chi connectivity index (χ4v) is 2.77. The van der Waals surface area contributed by atoms with Gasteiger partial charge >= 0.3 is 0 Å². The average molecular weight is 383 g/mol. The van der Waals surface area contributed by atoms with Crippen molar-refractivity contribution in [3.63, 3.8) is 0 Å². The molecule has 0 atom stereocenters. The summed E-state index contributed by atoms with van der Waals surface area (Å²) in [6, 6.07) is 11.2.